The molecule has 1 atom stereocenters. The summed E-state index contributed by atoms with van der Waals surface area (Å²) in [5.41, 5.74) is 2.22. The molecule has 0 aliphatic heterocycles. The third-order valence-corrected chi connectivity index (χ3v) is 8.01. The largest absolute Gasteiger partial charge is 0.323 e. The van der Waals surface area contributed by atoms with Gasteiger partial charge in [0.25, 0.3) is 0 Å². The van der Waals surface area contributed by atoms with Gasteiger partial charge in [0.05, 0.1) is 8.07 Å². The molecule has 1 unspecified atom stereocenters. The highest BCUT2D eigenvalue weighted by atomic mass is 28.3. The quantitative estimate of drug-likeness (QED) is 0.640. The van der Waals surface area contributed by atoms with E-state index in [0.29, 0.717) is 0 Å². The van der Waals surface area contributed by atoms with Gasteiger partial charge >= 0.3 is 0 Å². The molecule has 0 rings (SSSR count). The van der Waals surface area contributed by atoms with Crippen molar-refractivity contribution in [1.29, 1.82) is 0 Å². The van der Waals surface area contributed by atoms with Crippen LogP contribution < -0.4 is 0 Å². The van der Waals surface area contributed by atoms with Crippen molar-refractivity contribution in [3.8, 4) is 0 Å². The summed E-state index contributed by atoms with van der Waals surface area (Å²) in [7, 11) is -2.38. The normalized spacial score (nSPS) is 15.5. The molecular formula is C12H29NSi2. The zero-order valence-corrected chi connectivity index (χ0v) is 13.7. The molecular weight excluding hydrogens is 214 g/mol. The number of rotatable bonds is 6. The first kappa shape index (κ1) is 15.1. The van der Waals surface area contributed by atoms with Crippen molar-refractivity contribution < 1.29 is 0 Å². The van der Waals surface area contributed by atoms with Crippen LogP contribution in [0.5, 0.6) is 0 Å². The Morgan fingerprint density at radius 3 is 1.93 bits per heavy atom. The molecule has 0 aromatic heterocycles. The number of nitrogens with zero attached hydrogens (tertiary/aromatic N) is 1. The zero-order valence-electron chi connectivity index (χ0n) is 11.7. The Bertz CT molecular complexity index is 206. The van der Waals surface area contributed by atoms with Crippen molar-refractivity contribution in [2.75, 3.05) is 6.17 Å². The van der Waals surface area contributed by atoms with Gasteiger partial charge in [-0.2, -0.15) is 0 Å². The highest BCUT2D eigenvalue weighted by Gasteiger charge is 2.32. The summed E-state index contributed by atoms with van der Waals surface area (Å²) < 4.78 is 2.78. The molecule has 0 heterocycles. The van der Waals surface area contributed by atoms with Gasteiger partial charge in [-0.3, -0.25) is 0 Å². The van der Waals surface area contributed by atoms with Gasteiger partial charge in [-0.15, -0.1) is 12.3 Å². The molecule has 0 radical (unpaired) electrons. The molecule has 90 valence electrons. The standard InChI is InChI=1S/C12H29NSi2/c1-9-12(3)13(14(4,5)6)11-15(7,8)10-2/h10,12H,2,9,11H2,1,3-8H3. The van der Waals surface area contributed by atoms with Gasteiger partial charge in [-0.05, 0) is 18.6 Å². The summed E-state index contributed by atoms with van der Waals surface area (Å²) in [6, 6.07) is 0.725. The average Bonchev–Trinajstić information content (AvgIpc) is 2.11. The van der Waals surface area contributed by atoms with Crippen LogP contribution in [0.15, 0.2) is 12.3 Å². The van der Waals surface area contributed by atoms with E-state index >= 15 is 0 Å². The van der Waals surface area contributed by atoms with Crippen LogP contribution in [0.2, 0.25) is 32.7 Å². The van der Waals surface area contributed by atoms with Gasteiger partial charge in [0, 0.05) is 0 Å². The third kappa shape index (κ3) is 5.13. The van der Waals surface area contributed by atoms with Crippen LogP contribution in [-0.4, -0.2) is 33.1 Å². The van der Waals surface area contributed by atoms with Crippen LogP contribution in [0.3, 0.4) is 0 Å². The van der Waals surface area contributed by atoms with Gasteiger partial charge in [-0.25, -0.2) is 0 Å². The van der Waals surface area contributed by atoms with E-state index in [1.54, 1.807) is 0 Å². The first-order chi connectivity index (χ1) is 6.64. The number of hydrogen-bond acceptors (Lipinski definition) is 1. The molecule has 0 aromatic carbocycles. The van der Waals surface area contributed by atoms with E-state index in [9.17, 15) is 0 Å². The Kier molecular flexibility index (Phi) is 5.51. The molecule has 0 aliphatic carbocycles. The lowest BCUT2D eigenvalue weighted by molar-refractivity contribution is 0.364. The van der Waals surface area contributed by atoms with E-state index < -0.39 is 16.3 Å². The van der Waals surface area contributed by atoms with E-state index in [2.05, 4.69) is 63.4 Å². The topological polar surface area (TPSA) is 3.24 Å². The monoisotopic (exact) mass is 243 g/mol. The van der Waals surface area contributed by atoms with Crippen molar-refractivity contribution in [3.63, 3.8) is 0 Å². The van der Waals surface area contributed by atoms with E-state index in [4.69, 9.17) is 0 Å². The summed E-state index contributed by atoms with van der Waals surface area (Å²) >= 11 is 0. The number of hydrogen-bond donors (Lipinski definition) is 0. The summed E-state index contributed by atoms with van der Waals surface area (Å²) in [4.78, 5) is 0. The van der Waals surface area contributed by atoms with Crippen molar-refractivity contribution in [1.82, 2.24) is 4.57 Å². The second-order valence-electron chi connectivity index (χ2n) is 6.25. The summed E-state index contributed by atoms with van der Waals surface area (Å²) in [5, 5.41) is 0. The minimum absolute atomic E-state index is 0.725. The van der Waals surface area contributed by atoms with Crippen LogP contribution in [0.25, 0.3) is 0 Å². The SMILES string of the molecule is C=C[Si](C)(C)CN(C(C)CC)[Si](C)(C)C. The Balaban J connectivity index is 4.74. The van der Waals surface area contributed by atoms with Gasteiger partial charge in [0.1, 0.15) is 8.24 Å². The Morgan fingerprint density at radius 2 is 1.67 bits per heavy atom. The molecule has 0 bridgehead atoms. The second-order valence-corrected chi connectivity index (χ2v) is 15.9. The van der Waals surface area contributed by atoms with Gasteiger partial charge < -0.3 is 4.57 Å². The average molecular weight is 244 g/mol. The minimum atomic E-state index is -1.20. The van der Waals surface area contributed by atoms with Gasteiger partial charge in [-0.1, -0.05) is 46.6 Å². The molecule has 3 heteroatoms. The molecule has 1 nitrogen and oxygen atoms in total. The predicted molar refractivity (Wildman–Crippen MR) is 77.5 cm³/mol. The lowest BCUT2D eigenvalue weighted by Gasteiger charge is -2.42. The lowest BCUT2D eigenvalue weighted by atomic mass is 10.3. The summed E-state index contributed by atoms with van der Waals surface area (Å²) in [5.74, 6) is 0. The van der Waals surface area contributed by atoms with E-state index in [1.165, 1.54) is 12.6 Å². The third-order valence-electron chi connectivity index (χ3n) is 3.11. The first-order valence-corrected chi connectivity index (χ1v) is 12.8. The fourth-order valence-corrected chi connectivity index (χ4v) is 7.72. The molecule has 0 saturated heterocycles. The van der Waals surface area contributed by atoms with Crippen LogP contribution in [0.1, 0.15) is 20.3 Å². The van der Waals surface area contributed by atoms with Gasteiger partial charge in [0.15, 0.2) is 0 Å². The van der Waals surface area contributed by atoms with Crippen LogP contribution in [0.4, 0.5) is 0 Å². The molecule has 0 spiro atoms. The Morgan fingerprint density at radius 1 is 1.20 bits per heavy atom. The smallest absolute Gasteiger partial charge is 0.119 e. The molecule has 0 aliphatic rings. The molecule has 15 heavy (non-hydrogen) atoms. The maximum atomic E-state index is 4.00. The maximum absolute atomic E-state index is 4.00. The van der Waals surface area contributed by atoms with Crippen LogP contribution in [-0.2, 0) is 0 Å². The van der Waals surface area contributed by atoms with Crippen molar-refractivity contribution in [3.05, 3.63) is 12.3 Å². The second kappa shape index (κ2) is 5.46. The summed E-state index contributed by atoms with van der Waals surface area (Å²) in [6.45, 7) is 20.8. The van der Waals surface area contributed by atoms with Crippen molar-refractivity contribution in [2.24, 2.45) is 0 Å². The van der Waals surface area contributed by atoms with Crippen molar-refractivity contribution >= 4 is 16.3 Å². The van der Waals surface area contributed by atoms with Crippen LogP contribution >= 0.6 is 0 Å². The maximum Gasteiger partial charge on any atom is 0.119 e. The predicted octanol–water partition coefficient (Wildman–Crippen LogP) is 3.89. The minimum Gasteiger partial charge on any atom is -0.323 e. The Labute approximate surface area is 98.7 Å². The van der Waals surface area contributed by atoms with E-state index in [-0.39, 0.29) is 0 Å². The fourth-order valence-electron chi connectivity index (χ4n) is 1.78. The Hall–Kier alpha value is 0.134. The molecule has 0 amide bonds. The highest BCUT2D eigenvalue weighted by Crippen LogP contribution is 2.19. The zero-order chi connectivity index (χ0) is 12.3. The highest BCUT2D eigenvalue weighted by molar-refractivity contribution is 6.84. The van der Waals surface area contributed by atoms with E-state index in [0.717, 1.165) is 6.04 Å². The first-order valence-electron chi connectivity index (χ1n) is 6.04. The fraction of sp³-hybridized carbons (Fsp3) is 0.833. The van der Waals surface area contributed by atoms with Crippen molar-refractivity contribution in [2.45, 2.75) is 59.0 Å². The molecule has 0 N–H and O–H groups in total. The lowest BCUT2D eigenvalue weighted by Crippen LogP contribution is -2.56. The summed E-state index contributed by atoms with van der Waals surface area (Å²) in [6.07, 6.45) is 2.53. The van der Waals surface area contributed by atoms with E-state index in [1.807, 2.05) is 0 Å². The molecule has 0 saturated carbocycles. The van der Waals surface area contributed by atoms with Crippen LogP contribution in [0, 0.1) is 0 Å². The molecule has 0 fully saturated rings. The van der Waals surface area contributed by atoms with Gasteiger partial charge in [0.2, 0.25) is 0 Å². The molecule has 0 aromatic rings.